The van der Waals surface area contributed by atoms with Gasteiger partial charge in [0.1, 0.15) is 16.6 Å². The lowest BCUT2D eigenvalue weighted by atomic mass is 9.72. The van der Waals surface area contributed by atoms with Crippen molar-refractivity contribution in [2.75, 3.05) is 6.61 Å². The lowest BCUT2D eigenvalue weighted by molar-refractivity contribution is -0.160. The molecule has 1 heterocycles. The molecule has 1 aromatic carbocycles. The van der Waals surface area contributed by atoms with Crippen molar-refractivity contribution in [2.24, 2.45) is 5.92 Å². The summed E-state index contributed by atoms with van der Waals surface area (Å²) in [6.07, 6.45) is 0. The fourth-order valence-electron chi connectivity index (χ4n) is 2.80. The Balaban J connectivity index is 2.66. The van der Waals surface area contributed by atoms with Gasteiger partial charge < -0.3 is 15.2 Å². The van der Waals surface area contributed by atoms with E-state index in [1.165, 1.54) is 6.92 Å². The van der Waals surface area contributed by atoms with Crippen LogP contribution in [0.2, 0.25) is 5.02 Å². The second kappa shape index (κ2) is 6.81. The van der Waals surface area contributed by atoms with Crippen molar-refractivity contribution < 1.29 is 14.6 Å². The molecule has 0 bridgehead atoms. The standard InChI is InChI=1S/C16H17ClN2O3S/c1-3-22-15(20)13-12(9-6-4-5-7-11(9)17)10(8-18)14(23)19-16(13,2)21/h4-7,12-13,18,21H,3H2,1-2H3,(H,19,23)/t12-,13-,16?/m0/s1. The molecule has 1 aliphatic heterocycles. The summed E-state index contributed by atoms with van der Waals surface area (Å²) < 4.78 is 5.11. The van der Waals surface area contributed by atoms with E-state index in [0.29, 0.717) is 10.6 Å². The molecule has 0 saturated carbocycles. The largest absolute Gasteiger partial charge is 0.466 e. The summed E-state index contributed by atoms with van der Waals surface area (Å²) in [5, 5.41) is 21.3. The van der Waals surface area contributed by atoms with Crippen molar-refractivity contribution in [3.05, 3.63) is 40.4 Å². The van der Waals surface area contributed by atoms with E-state index in [0.717, 1.165) is 0 Å². The fraction of sp³-hybridized carbons (Fsp3) is 0.375. The molecule has 23 heavy (non-hydrogen) atoms. The Bertz CT molecular complexity index is 698. The van der Waals surface area contributed by atoms with Gasteiger partial charge in [-0.15, -0.1) is 0 Å². The molecule has 2 rings (SSSR count). The molecule has 0 amide bonds. The minimum Gasteiger partial charge on any atom is -0.466 e. The highest BCUT2D eigenvalue weighted by Gasteiger charge is 2.51. The van der Waals surface area contributed by atoms with E-state index in [4.69, 9.17) is 34.0 Å². The van der Waals surface area contributed by atoms with Gasteiger partial charge in [0, 0.05) is 10.9 Å². The SMILES string of the molecule is CCOC(=O)[C@@H]1[C@@H](c2ccccc2Cl)C(=C=N)C(=S)NC1(C)O. The molecule has 1 fully saturated rings. The summed E-state index contributed by atoms with van der Waals surface area (Å²) in [5.74, 6) is -0.0434. The molecule has 5 nitrogen and oxygen atoms in total. The van der Waals surface area contributed by atoms with E-state index in [-0.39, 0.29) is 17.2 Å². The number of carbonyl (C=O) groups is 1. The minimum absolute atomic E-state index is 0.162. The Morgan fingerprint density at radius 1 is 1.57 bits per heavy atom. The molecule has 1 unspecified atom stereocenters. The Morgan fingerprint density at radius 2 is 2.22 bits per heavy atom. The topological polar surface area (TPSA) is 82.4 Å². The molecule has 122 valence electrons. The van der Waals surface area contributed by atoms with Gasteiger partial charge in [0.05, 0.1) is 12.2 Å². The number of thiocarbonyl (C=S) groups is 1. The number of rotatable bonds is 3. The molecule has 0 spiro atoms. The predicted octanol–water partition coefficient (Wildman–Crippen LogP) is 2.42. The Labute approximate surface area is 144 Å². The Morgan fingerprint density at radius 3 is 2.78 bits per heavy atom. The van der Waals surface area contributed by atoms with Gasteiger partial charge in [-0.25, -0.2) is 0 Å². The second-order valence-electron chi connectivity index (χ2n) is 5.37. The highest BCUT2D eigenvalue weighted by atomic mass is 35.5. The van der Waals surface area contributed by atoms with E-state index in [1.807, 2.05) is 0 Å². The molecule has 0 aromatic heterocycles. The normalized spacial score (nSPS) is 27.1. The van der Waals surface area contributed by atoms with Crippen molar-refractivity contribution >= 4 is 40.6 Å². The first kappa shape index (κ1) is 17.6. The number of piperidine rings is 1. The van der Waals surface area contributed by atoms with Crippen LogP contribution in [0.25, 0.3) is 0 Å². The van der Waals surface area contributed by atoms with Crippen molar-refractivity contribution in [1.82, 2.24) is 5.32 Å². The van der Waals surface area contributed by atoms with Crippen LogP contribution in [0, 0.1) is 11.3 Å². The predicted molar refractivity (Wildman–Crippen MR) is 91.9 cm³/mol. The van der Waals surface area contributed by atoms with E-state index >= 15 is 0 Å². The van der Waals surface area contributed by atoms with Crippen molar-refractivity contribution in [3.8, 4) is 0 Å². The van der Waals surface area contributed by atoms with Gasteiger partial charge in [-0.05, 0) is 31.3 Å². The van der Waals surface area contributed by atoms with E-state index < -0.39 is 23.5 Å². The summed E-state index contributed by atoms with van der Waals surface area (Å²) in [4.78, 5) is 12.6. The first-order valence-corrected chi connectivity index (χ1v) is 7.87. The highest BCUT2D eigenvalue weighted by molar-refractivity contribution is 7.80. The van der Waals surface area contributed by atoms with Crippen LogP contribution in [-0.2, 0) is 9.53 Å². The van der Waals surface area contributed by atoms with Gasteiger partial charge in [-0.3, -0.25) is 10.2 Å². The van der Waals surface area contributed by atoms with Crippen LogP contribution in [0.15, 0.2) is 29.8 Å². The van der Waals surface area contributed by atoms with Crippen LogP contribution in [0.4, 0.5) is 0 Å². The van der Waals surface area contributed by atoms with Crippen LogP contribution in [0.1, 0.15) is 25.3 Å². The molecule has 3 atom stereocenters. The number of benzene rings is 1. The third-order valence-electron chi connectivity index (χ3n) is 3.78. The van der Waals surface area contributed by atoms with Crippen LogP contribution in [0.5, 0.6) is 0 Å². The number of hydrogen-bond donors (Lipinski definition) is 3. The quantitative estimate of drug-likeness (QED) is 0.337. The third-order valence-corrected chi connectivity index (χ3v) is 4.44. The van der Waals surface area contributed by atoms with Crippen LogP contribution in [-0.4, -0.2) is 34.3 Å². The number of ether oxygens (including phenoxy) is 1. The number of halogens is 1. The number of nitrogens with one attached hydrogen (secondary N) is 2. The van der Waals surface area contributed by atoms with Crippen molar-refractivity contribution in [3.63, 3.8) is 0 Å². The van der Waals surface area contributed by atoms with Crippen LogP contribution < -0.4 is 5.32 Å². The number of hydrogen-bond acceptors (Lipinski definition) is 5. The van der Waals surface area contributed by atoms with Crippen LogP contribution in [0.3, 0.4) is 0 Å². The molecule has 1 aromatic rings. The van der Waals surface area contributed by atoms with Gasteiger partial charge in [0.2, 0.25) is 0 Å². The van der Waals surface area contributed by atoms with Crippen molar-refractivity contribution in [1.29, 1.82) is 5.41 Å². The smallest absolute Gasteiger partial charge is 0.314 e. The number of carbonyl (C=O) groups excluding carboxylic acids is 1. The number of aliphatic hydroxyl groups is 1. The van der Waals surface area contributed by atoms with E-state index in [2.05, 4.69) is 11.2 Å². The zero-order valence-electron chi connectivity index (χ0n) is 12.7. The van der Waals surface area contributed by atoms with Gasteiger partial charge in [0.15, 0.2) is 0 Å². The molecule has 3 N–H and O–H groups in total. The molecule has 1 aliphatic rings. The van der Waals surface area contributed by atoms with Gasteiger partial charge in [-0.1, -0.05) is 42.0 Å². The molecule has 0 radical (unpaired) electrons. The summed E-state index contributed by atoms with van der Waals surface area (Å²) in [6.45, 7) is 3.31. The first-order valence-electron chi connectivity index (χ1n) is 7.09. The van der Waals surface area contributed by atoms with Gasteiger partial charge >= 0.3 is 5.97 Å². The highest BCUT2D eigenvalue weighted by Crippen LogP contribution is 2.43. The molecule has 7 heteroatoms. The summed E-state index contributed by atoms with van der Waals surface area (Å²) >= 11 is 11.5. The third kappa shape index (κ3) is 3.31. The first-order chi connectivity index (χ1) is 10.8. The zero-order valence-corrected chi connectivity index (χ0v) is 14.3. The maximum absolute atomic E-state index is 12.5. The fourth-order valence-corrected chi connectivity index (χ4v) is 3.44. The second-order valence-corrected chi connectivity index (χ2v) is 6.18. The summed E-state index contributed by atoms with van der Waals surface area (Å²) in [7, 11) is 0. The van der Waals surface area contributed by atoms with Crippen LogP contribution >= 0.6 is 23.8 Å². The zero-order chi connectivity index (χ0) is 17.2. The average molecular weight is 353 g/mol. The Kier molecular flexibility index (Phi) is 5.22. The average Bonchev–Trinajstić information content (AvgIpc) is 2.46. The maximum Gasteiger partial charge on any atom is 0.314 e. The van der Waals surface area contributed by atoms with E-state index in [1.54, 1.807) is 31.2 Å². The summed E-state index contributed by atoms with van der Waals surface area (Å²) in [6, 6.07) is 6.95. The molecular weight excluding hydrogens is 336 g/mol. The van der Waals surface area contributed by atoms with Gasteiger partial charge in [0.25, 0.3) is 0 Å². The van der Waals surface area contributed by atoms with Crippen molar-refractivity contribution in [2.45, 2.75) is 25.5 Å². The maximum atomic E-state index is 12.5. The lowest BCUT2D eigenvalue weighted by Gasteiger charge is -2.43. The monoisotopic (exact) mass is 352 g/mol. The summed E-state index contributed by atoms with van der Waals surface area (Å²) in [5.41, 5.74) is -0.753. The minimum atomic E-state index is -1.63. The van der Waals surface area contributed by atoms with E-state index in [9.17, 15) is 9.90 Å². The van der Waals surface area contributed by atoms with Gasteiger partial charge in [-0.2, -0.15) is 0 Å². The molecule has 1 saturated heterocycles. The Hall–Kier alpha value is -1.72. The molecular formula is C16H17ClN2O3S. The number of esters is 1. The molecule has 0 aliphatic carbocycles. The lowest BCUT2D eigenvalue weighted by Crippen LogP contribution is -2.61.